The van der Waals surface area contributed by atoms with Gasteiger partial charge in [-0.3, -0.25) is 9.67 Å². The van der Waals surface area contributed by atoms with Gasteiger partial charge >= 0.3 is 0 Å². The molecule has 0 amide bonds. The summed E-state index contributed by atoms with van der Waals surface area (Å²) in [6, 6.07) is 3.85. The summed E-state index contributed by atoms with van der Waals surface area (Å²) in [7, 11) is 3.41. The molecule has 22 heavy (non-hydrogen) atoms. The minimum atomic E-state index is -0.538. The lowest BCUT2D eigenvalue weighted by Gasteiger charge is -2.12. The first-order chi connectivity index (χ1) is 10.6. The average molecular weight is 308 g/mol. The molecule has 8 heteroatoms. The topological polar surface area (TPSA) is 67.1 Å². The van der Waals surface area contributed by atoms with Crippen molar-refractivity contribution in [2.24, 2.45) is 12.0 Å². The molecule has 0 aliphatic carbocycles. The number of nitrogens with zero attached hydrogens (tertiary/aromatic N) is 4. The van der Waals surface area contributed by atoms with Gasteiger partial charge in [0.2, 0.25) is 0 Å². The van der Waals surface area contributed by atoms with Gasteiger partial charge in [-0.1, -0.05) is 6.07 Å². The first kappa shape index (κ1) is 15.9. The van der Waals surface area contributed by atoms with Gasteiger partial charge in [-0.15, -0.1) is 0 Å². The summed E-state index contributed by atoms with van der Waals surface area (Å²) in [6.45, 7) is 0.806. The maximum Gasteiger partial charge on any atom is 0.191 e. The minimum absolute atomic E-state index is 0.0683. The van der Waals surface area contributed by atoms with Gasteiger partial charge in [0.05, 0.1) is 6.54 Å². The van der Waals surface area contributed by atoms with Crippen LogP contribution in [0.3, 0.4) is 0 Å². The number of aryl methyl sites for hydroxylation is 1. The Bertz CT molecular complexity index is 632. The highest BCUT2D eigenvalue weighted by molar-refractivity contribution is 5.79. The van der Waals surface area contributed by atoms with Crippen molar-refractivity contribution in [1.82, 2.24) is 25.4 Å². The normalized spacial score (nSPS) is 11.5. The van der Waals surface area contributed by atoms with E-state index in [0.717, 1.165) is 5.82 Å². The Hall–Kier alpha value is -2.51. The van der Waals surface area contributed by atoms with E-state index >= 15 is 0 Å². The first-order valence-electron chi connectivity index (χ1n) is 6.82. The molecule has 0 unspecified atom stereocenters. The number of guanidine groups is 1. The Kier molecular flexibility index (Phi) is 5.40. The maximum atomic E-state index is 13.5. The zero-order chi connectivity index (χ0) is 15.9. The van der Waals surface area contributed by atoms with Gasteiger partial charge in [0.15, 0.2) is 5.96 Å². The van der Waals surface area contributed by atoms with E-state index in [0.29, 0.717) is 19.0 Å². The monoisotopic (exact) mass is 308 g/mol. The van der Waals surface area contributed by atoms with E-state index in [2.05, 4.69) is 25.7 Å². The molecule has 118 valence electrons. The molecular weight excluding hydrogens is 290 g/mol. The van der Waals surface area contributed by atoms with Crippen LogP contribution in [-0.4, -0.2) is 34.3 Å². The summed E-state index contributed by atoms with van der Waals surface area (Å²) in [5.74, 6) is 0.204. The smallest absolute Gasteiger partial charge is 0.191 e. The molecule has 2 rings (SSSR count). The fourth-order valence-corrected chi connectivity index (χ4v) is 1.94. The molecule has 0 radical (unpaired) electrons. The van der Waals surface area contributed by atoms with Crippen LogP contribution in [0.4, 0.5) is 8.78 Å². The number of aliphatic imine (C=N–C) groups is 1. The van der Waals surface area contributed by atoms with Gasteiger partial charge in [-0.2, -0.15) is 5.10 Å². The van der Waals surface area contributed by atoms with Crippen LogP contribution in [0.1, 0.15) is 11.4 Å². The lowest BCUT2D eigenvalue weighted by molar-refractivity contribution is 0.552. The highest BCUT2D eigenvalue weighted by Gasteiger charge is 2.08. The zero-order valence-corrected chi connectivity index (χ0v) is 12.5. The first-order valence-corrected chi connectivity index (χ1v) is 6.82. The van der Waals surface area contributed by atoms with Gasteiger partial charge in [-0.25, -0.2) is 13.8 Å². The van der Waals surface area contributed by atoms with Crippen LogP contribution in [-0.2, 0) is 20.0 Å². The summed E-state index contributed by atoms with van der Waals surface area (Å²) < 4.78 is 28.7. The Balaban J connectivity index is 1.83. The van der Waals surface area contributed by atoms with Crippen LogP contribution in [0.2, 0.25) is 0 Å². The van der Waals surface area contributed by atoms with Crippen molar-refractivity contribution in [3.05, 3.63) is 47.5 Å². The molecule has 1 aromatic carbocycles. The van der Waals surface area contributed by atoms with Crippen LogP contribution in [0.15, 0.2) is 29.5 Å². The number of benzene rings is 1. The van der Waals surface area contributed by atoms with Crippen molar-refractivity contribution in [3.63, 3.8) is 0 Å². The molecule has 2 aromatic rings. The maximum absolute atomic E-state index is 13.5. The van der Waals surface area contributed by atoms with Crippen molar-refractivity contribution in [2.75, 3.05) is 13.6 Å². The summed E-state index contributed by atoms with van der Waals surface area (Å²) >= 11 is 0. The molecule has 0 saturated heterocycles. The molecule has 0 spiro atoms. The summed E-state index contributed by atoms with van der Waals surface area (Å²) in [4.78, 5) is 8.12. The molecule has 6 nitrogen and oxygen atoms in total. The number of hydrogen-bond acceptors (Lipinski definition) is 3. The van der Waals surface area contributed by atoms with Crippen LogP contribution < -0.4 is 10.6 Å². The van der Waals surface area contributed by atoms with Crippen molar-refractivity contribution in [1.29, 1.82) is 0 Å². The number of nitrogens with one attached hydrogen (secondary N) is 2. The Morgan fingerprint density at radius 3 is 2.59 bits per heavy atom. The predicted octanol–water partition coefficient (Wildman–Crippen LogP) is 1.00. The third-order valence-electron chi connectivity index (χ3n) is 3.17. The average Bonchev–Trinajstić information content (AvgIpc) is 2.90. The van der Waals surface area contributed by atoms with Gasteiger partial charge in [0.1, 0.15) is 23.8 Å². The van der Waals surface area contributed by atoms with E-state index < -0.39 is 11.6 Å². The van der Waals surface area contributed by atoms with Crippen LogP contribution in [0.25, 0.3) is 0 Å². The Morgan fingerprint density at radius 1 is 1.27 bits per heavy atom. The van der Waals surface area contributed by atoms with E-state index in [4.69, 9.17) is 0 Å². The Labute approximate surface area is 127 Å². The quantitative estimate of drug-likeness (QED) is 0.639. The molecule has 0 fully saturated rings. The number of hydrogen-bond donors (Lipinski definition) is 2. The Morgan fingerprint density at radius 2 is 2.00 bits per heavy atom. The minimum Gasteiger partial charge on any atom is -0.356 e. The molecule has 1 heterocycles. The molecule has 0 atom stereocenters. The van der Waals surface area contributed by atoms with Crippen molar-refractivity contribution < 1.29 is 8.78 Å². The van der Waals surface area contributed by atoms with E-state index in [1.165, 1.54) is 24.5 Å². The van der Waals surface area contributed by atoms with Gasteiger partial charge in [0, 0.05) is 26.2 Å². The number of halogens is 2. The van der Waals surface area contributed by atoms with Gasteiger partial charge < -0.3 is 10.6 Å². The van der Waals surface area contributed by atoms with Crippen molar-refractivity contribution in [3.8, 4) is 0 Å². The fraction of sp³-hybridized carbons (Fsp3) is 0.357. The lowest BCUT2D eigenvalue weighted by Crippen LogP contribution is -2.38. The molecule has 0 aliphatic rings. The number of rotatable bonds is 5. The predicted molar refractivity (Wildman–Crippen MR) is 79.3 cm³/mol. The molecule has 0 saturated carbocycles. The van der Waals surface area contributed by atoms with Crippen LogP contribution in [0, 0.1) is 11.6 Å². The van der Waals surface area contributed by atoms with E-state index in [9.17, 15) is 8.78 Å². The molecule has 1 aromatic heterocycles. The highest BCUT2D eigenvalue weighted by Crippen LogP contribution is 2.11. The fourth-order valence-electron chi connectivity index (χ4n) is 1.94. The van der Waals surface area contributed by atoms with Crippen LogP contribution in [0.5, 0.6) is 0 Å². The molecule has 0 aliphatic heterocycles. The van der Waals surface area contributed by atoms with Crippen molar-refractivity contribution in [2.45, 2.75) is 13.0 Å². The van der Waals surface area contributed by atoms with Crippen LogP contribution >= 0.6 is 0 Å². The molecule has 0 bridgehead atoms. The molecule has 2 N–H and O–H groups in total. The summed E-state index contributed by atoms with van der Waals surface area (Å²) in [5.41, 5.74) is 0.0683. The summed E-state index contributed by atoms with van der Waals surface area (Å²) in [6.07, 6.45) is 1.69. The van der Waals surface area contributed by atoms with E-state index in [1.54, 1.807) is 18.8 Å². The summed E-state index contributed by atoms with van der Waals surface area (Å²) in [5, 5.41) is 10.0. The van der Waals surface area contributed by atoms with Gasteiger partial charge in [-0.05, 0) is 18.6 Å². The van der Waals surface area contributed by atoms with Gasteiger partial charge in [0.25, 0.3) is 0 Å². The highest BCUT2D eigenvalue weighted by atomic mass is 19.1. The SMILES string of the molecule is CN=C(NCCc1c(F)cccc1F)NCc1ncnn1C. The van der Waals surface area contributed by atoms with E-state index in [1.807, 2.05) is 0 Å². The molecular formula is C14H18F2N6. The lowest BCUT2D eigenvalue weighted by atomic mass is 10.1. The third kappa shape index (κ3) is 4.00. The van der Waals surface area contributed by atoms with Crippen molar-refractivity contribution >= 4 is 5.96 Å². The van der Waals surface area contributed by atoms with E-state index in [-0.39, 0.29) is 12.0 Å². The second-order valence-electron chi connectivity index (χ2n) is 4.60. The zero-order valence-electron chi connectivity index (χ0n) is 12.5. The number of aromatic nitrogens is 3. The largest absolute Gasteiger partial charge is 0.356 e. The second-order valence-corrected chi connectivity index (χ2v) is 4.60. The standard InChI is InChI=1S/C14H18F2N6/c1-17-14(19-8-13-20-9-21-22(13)2)18-7-6-10-11(15)4-3-5-12(10)16/h3-5,9H,6-8H2,1-2H3,(H2,17,18,19). The second kappa shape index (κ2) is 7.48. The third-order valence-corrected chi connectivity index (χ3v) is 3.17.